The Hall–Kier alpha value is -0.260. The molecule has 0 unspecified atom stereocenters. The number of hydrogen-bond donors (Lipinski definition) is 0. The van der Waals surface area contributed by atoms with Crippen LogP contribution in [-0.2, 0) is 0 Å². The van der Waals surface area contributed by atoms with E-state index in [1.807, 2.05) is 6.92 Å². The van der Waals surface area contributed by atoms with Crippen LogP contribution in [0, 0.1) is 0 Å². The zero-order valence-electron chi connectivity index (χ0n) is 4.08. The second-order valence-electron chi connectivity index (χ2n) is 0.577. The molecule has 0 heteroatoms. The largest absolute Gasteiger partial charge is 0.0919 e. The van der Waals surface area contributed by atoms with Crippen LogP contribution < -0.4 is 0 Å². The molecule has 0 radical (unpaired) electrons. The van der Waals surface area contributed by atoms with E-state index in [0.29, 0.717) is 6.05 Å². The van der Waals surface area contributed by atoms with Gasteiger partial charge in [-0.25, -0.2) is 0 Å². The maximum atomic E-state index is 6.69. The summed E-state index contributed by atoms with van der Waals surface area (Å²) < 4.78 is 6.69. The summed E-state index contributed by atoms with van der Waals surface area (Å²) in [5, 5.41) is 0. The van der Waals surface area contributed by atoms with Crippen molar-refractivity contribution < 1.29 is 1.37 Å². The smallest absolute Gasteiger partial charge is 0.0569 e. The first-order valence-corrected chi connectivity index (χ1v) is 1.37. The van der Waals surface area contributed by atoms with E-state index in [9.17, 15) is 0 Å². The zero-order valence-corrected chi connectivity index (χ0v) is 3.08. The van der Waals surface area contributed by atoms with Crippen molar-refractivity contribution in [1.82, 2.24) is 0 Å². The molecule has 0 aromatic carbocycles. The van der Waals surface area contributed by atoms with Gasteiger partial charge in [0.25, 0.3) is 0 Å². The molecule has 0 aliphatic rings. The van der Waals surface area contributed by atoms with Crippen LogP contribution in [0.3, 0.4) is 0 Å². The van der Waals surface area contributed by atoms with Crippen molar-refractivity contribution >= 4 is 0 Å². The van der Waals surface area contributed by atoms with E-state index in [4.69, 9.17) is 1.37 Å². The molecule has 0 saturated carbocycles. The van der Waals surface area contributed by atoms with Crippen molar-refractivity contribution in [1.29, 1.82) is 0 Å². The summed E-state index contributed by atoms with van der Waals surface area (Å²) in [6.07, 6.45) is 1.75. The van der Waals surface area contributed by atoms with Crippen molar-refractivity contribution in [2.75, 3.05) is 0 Å². The maximum Gasteiger partial charge on any atom is 0.0569 e. The van der Waals surface area contributed by atoms with Crippen LogP contribution in [0.1, 0.15) is 15.2 Å². The summed E-state index contributed by atoms with van der Waals surface area (Å²) in [7, 11) is 0. The van der Waals surface area contributed by atoms with Crippen molar-refractivity contribution in [3.05, 3.63) is 12.1 Å². The van der Waals surface area contributed by atoms with Gasteiger partial charge < -0.3 is 0 Å². The first kappa shape index (κ1) is 2.01. The second kappa shape index (κ2) is 2.74. The van der Waals surface area contributed by atoms with Gasteiger partial charge in [-0.05, 0) is 13.8 Å². The van der Waals surface area contributed by atoms with Gasteiger partial charge in [0, 0.05) is 0 Å². The molecular weight excluding hydrogens is 48.0 g/mol. The Kier molecular flexibility index (Phi) is 1.38. The molecule has 0 rings (SSSR count). The third kappa shape index (κ3) is 1.74. The Morgan fingerprint density at radius 3 is 2.00 bits per heavy atom. The Labute approximate surface area is 28.5 Å². The minimum absolute atomic E-state index is 0.630. The monoisotopic (exact) mass is 57.1 g/mol. The molecule has 0 N–H and O–H groups in total. The lowest BCUT2D eigenvalue weighted by Crippen LogP contribution is -1.26. The Morgan fingerprint density at radius 1 is 1.75 bits per heavy atom. The molecule has 0 fully saturated rings. The van der Waals surface area contributed by atoms with Crippen molar-refractivity contribution in [3.63, 3.8) is 0 Å². The van der Waals surface area contributed by atoms with E-state index >= 15 is 0 Å². The van der Waals surface area contributed by atoms with Crippen LogP contribution in [0.4, 0.5) is 0 Å². The van der Waals surface area contributed by atoms with Gasteiger partial charge in [-0.1, -0.05) is 12.1 Å². The quantitative estimate of drug-likeness (QED) is 0.370. The summed E-state index contributed by atoms with van der Waals surface area (Å²) in [4.78, 5) is 0. The van der Waals surface area contributed by atoms with Gasteiger partial charge in [-0.2, -0.15) is 0 Å². The lowest BCUT2D eigenvalue weighted by atomic mass is 10.6. The minimum Gasteiger partial charge on any atom is -0.0919 e. The van der Waals surface area contributed by atoms with Crippen molar-refractivity contribution in [2.24, 2.45) is 0 Å². The van der Waals surface area contributed by atoms with Crippen LogP contribution in [0.2, 0.25) is 0 Å². The third-order valence-corrected chi connectivity index (χ3v) is 0.289. The molecule has 0 saturated heterocycles. The highest BCUT2D eigenvalue weighted by Gasteiger charge is 1.34. The average molecular weight is 57.1 g/mol. The van der Waals surface area contributed by atoms with Gasteiger partial charge >= 0.3 is 0 Å². The lowest BCUT2D eigenvalue weighted by molar-refractivity contribution is 1.64. The first-order chi connectivity index (χ1) is 2.27. The summed E-state index contributed by atoms with van der Waals surface area (Å²) in [6, 6.07) is 0.630. The first-order valence-electron chi connectivity index (χ1n) is 1.87. The Balaban J connectivity index is 3.14. The molecule has 0 bridgehead atoms. The molecule has 0 aromatic heterocycles. The predicted octanol–water partition coefficient (Wildman–Crippen LogP) is 1.58. The van der Waals surface area contributed by atoms with Crippen LogP contribution in [0.25, 0.3) is 0 Å². The van der Waals surface area contributed by atoms with Crippen LogP contribution in [0.15, 0.2) is 12.1 Å². The molecule has 0 aromatic rings. The molecule has 0 aliphatic carbocycles. The van der Waals surface area contributed by atoms with Gasteiger partial charge in [0.1, 0.15) is 0 Å². The topological polar surface area (TPSA) is 0 Å². The van der Waals surface area contributed by atoms with Crippen LogP contribution in [-0.4, -0.2) is 0 Å². The summed E-state index contributed by atoms with van der Waals surface area (Å²) in [5.74, 6) is 0. The maximum absolute atomic E-state index is 6.69. The number of allylic oxidation sites excluding steroid dienone is 2. The van der Waals surface area contributed by atoms with Crippen molar-refractivity contribution in [3.8, 4) is 0 Å². The third-order valence-electron chi connectivity index (χ3n) is 0.289. The summed E-state index contributed by atoms with van der Waals surface area (Å²) in [5.41, 5.74) is 0. The molecule has 0 amide bonds. The van der Waals surface area contributed by atoms with E-state index in [2.05, 4.69) is 0 Å². The lowest BCUT2D eigenvalue weighted by Gasteiger charge is -1.49. The minimum atomic E-state index is 0.630. The number of rotatable bonds is 0. The van der Waals surface area contributed by atoms with E-state index < -0.39 is 0 Å². The van der Waals surface area contributed by atoms with Crippen LogP contribution in [0.5, 0.6) is 0 Å². The van der Waals surface area contributed by atoms with Gasteiger partial charge in [-0.3, -0.25) is 0 Å². The molecule has 0 spiro atoms. The second-order valence-corrected chi connectivity index (χ2v) is 0.577. The van der Waals surface area contributed by atoms with Gasteiger partial charge in [-0.15, -0.1) is 0 Å². The van der Waals surface area contributed by atoms with E-state index in [1.165, 1.54) is 0 Å². The molecule has 0 aliphatic heterocycles. The Bertz CT molecular complexity index is 41.6. The molecular formula is C4H8. The SMILES string of the molecule is [2H]/C(C)=C\C. The molecule has 24 valence electrons. The molecule has 0 heterocycles. The molecule has 0 nitrogen and oxygen atoms in total. The molecule has 0 atom stereocenters. The molecule has 4 heavy (non-hydrogen) atoms. The van der Waals surface area contributed by atoms with Gasteiger partial charge in [0.15, 0.2) is 0 Å². The zero-order chi connectivity index (χ0) is 4.28. The number of hydrogen-bond acceptors (Lipinski definition) is 0. The van der Waals surface area contributed by atoms with E-state index in [-0.39, 0.29) is 0 Å². The van der Waals surface area contributed by atoms with Crippen LogP contribution >= 0.6 is 0 Å². The fourth-order valence-corrected chi connectivity index (χ4v) is 0. The normalized spacial score (nSPS) is 15.5. The highest BCUT2D eigenvalue weighted by atomic mass is 13.4. The highest BCUT2D eigenvalue weighted by molar-refractivity contribution is 4.68. The summed E-state index contributed by atoms with van der Waals surface area (Å²) >= 11 is 0. The van der Waals surface area contributed by atoms with Crippen molar-refractivity contribution in [2.45, 2.75) is 13.8 Å². The Morgan fingerprint density at radius 2 is 2.00 bits per heavy atom. The highest BCUT2D eigenvalue weighted by Crippen LogP contribution is 1.57. The predicted molar refractivity (Wildman–Crippen MR) is 20.5 cm³/mol. The summed E-state index contributed by atoms with van der Waals surface area (Å²) in [6.45, 7) is 3.60. The average Bonchev–Trinajstić information content (AvgIpc) is 1.38. The van der Waals surface area contributed by atoms with Gasteiger partial charge in [0.05, 0.1) is 1.37 Å². The fourth-order valence-electron chi connectivity index (χ4n) is 0. The standard InChI is InChI=1S/C4H8/c1-3-4-2/h3-4H,1-2H3/b4-3+/i3D. The van der Waals surface area contributed by atoms with E-state index in [0.717, 1.165) is 0 Å². The van der Waals surface area contributed by atoms with Gasteiger partial charge in [0.2, 0.25) is 0 Å². The van der Waals surface area contributed by atoms with E-state index in [1.54, 1.807) is 13.0 Å². The fraction of sp³-hybridized carbons (Fsp3) is 0.500.